The minimum absolute atomic E-state index is 0.0507. The number of rotatable bonds is 6. The van der Waals surface area contributed by atoms with E-state index in [0.717, 1.165) is 11.4 Å². The number of nitrogens with one attached hydrogen (secondary N) is 1. The number of amides is 1. The van der Waals surface area contributed by atoms with Crippen LogP contribution in [0.4, 0.5) is 5.69 Å². The van der Waals surface area contributed by atoms with Crippen LogP contribution >= 0.6 is 0 Å². The van der Waals surface area contributed by atoms with Gasteiger partial charge in [0.2, 0.25) is 0 Å². The van der Waals surface area contributed by atoms with Gasteiger partial charge in [0.15, 0.2) is 11.4 Å². The van der Waals surface area contributed by atoms with Crippen molar-refractivity contribution < 1.29 is 14.3 Å². The standard InChI is InChI=1S/C17H21N7O3/c1-5-22-9-14(15(21-22)17(26)27-4)18-16(25)13-6-7-23(20-13)10-24-12(3)8-11(2)19-24/h6-9H,5,10H2,1-4H3,(H,18,25). The fourth-order valence-corrected chi connectivity index (χ4v) is 2.63. The van der Waals surface area contributed by atoms with Crippen LogP contribution in [0.1, 0.15) is 39.3 Å². The first kappa shape index (κ1) is 18.4. The zero-order chi connectivity index (χ0) is 19.6. The molecule has 3 heterocycles. The quantitative estimate of drug-likeness (QED) is 0.657. The molecule has 0 aliphatic heterocycles. The van der Waals surface area contributed by atoms with Crippen LogP contribution in [-0.4, -0.2) is 48.3 Å². The van der Waals surface area contributed by atoms with E-state index in [4.69, 9.17) is 4.74 Å². The summed E-state index contributed by atoms with van der Waals surface area (Å²) in [6.45, 7) is 6.70. The van der Waals surface area contributed by atoms with Gasteiger partial charge in [-0.25, -0.2) is 9.48 Å². The van der Waals surface area contributed by atoms with Crippen LogP contribution in [0.15, 0.2) is 24.5 Å². The molecule has 0 unspecified atom stereocenters. The predicted molar refractivity (Wildman–Crippen MR) is 96.5 cm³/mol. The fourth-order valence-electron chi connectivity index (χ4n) is 2.63. The van der Waals surface area contributed by atoms with Crippen molar-refractivity contribution in [2.24, 2.45) is 0 Å². The van der Waals surface area contributed by atoms with Crippen LogP contribution in [0.2, 0.25) is 0 Å². The molecule has 142 valence electrons. The van der Waals surface area contributed by atoms with Crippen LogP contribution in [-0.2, 0) is 18.0 Å². The first-order valence-electron chi connectivity index (χ1n) is 8.43. The molecule has 0 bridgehead atoms. The molecule has 0 radical (unpaired) electrons. The Bertz CT molecular complexity index is 983. The van der Waals surface area contributed by atoms with Crippen molar-refractivity contribution in [3.8, 4) is 0 Å². The molecule has 10 heteroatoms. The summed E-state index contributed by atoms with van der Waals surface area (Å²) >= 11 is 0. The van der Waals surface area contributed by atoms with E-state index >= 15 is 0 Å². The van der Waals surface area contributed by atoms with Crippen molar-refractivity contribution in [3.63, 3.8) is 0 Å². The number of hydrogen-bond acceptors (Lipinski definition) is 6. The lowest BCUT2D eigenvalue weighted by molar-refractivity contribution is 0.0594. The van der Waals surface area contributed by atoms with E-state index in [2.05, 4.69) is 20.6 Å². The summed E-state index contributed by atoms with van der Waals surface area (Å²) in [5, 5.41) is 15.4. The maximum atomic E-state index is 12.5. The molecule has 0 aromatic carbocycles. The summed E-state index contributed by atoms with van der Waals surface area (Å²) in [5.41, 5.74) is 2.47. The number of aromatic nitrogens is 6. The number of hydrogen-bond donors (Lipinski definition) is 1. The van der Waals surface area contributed by atoms with Gasteiger partial charge >= 0.3 is 5.97 Å². The highest BCUT2D eigenvalue weighted by atomic mass is 16.5. The number of carbonyl (C=O) groups excluding carboxylic acids is 2. The number of anilines is 1. The van der Waals surface area contributed by atoms with E-state index in [1.807, 2.05) is 26.8 Å². The monoisotopic (exact) mass is 371 g/mol. The predicted octanol–water partition coefficient (Wildman–Crippen LogP) is 1.46. The van der Waals surface area contributed by atoms with Crippen molar-refractivity contribution in [3.05, 3.63) is 47.3 Å². The summed E-state index contributed by atoms with van der Waals surface area (Å²) in [7, 11) is 1.26. The summed E-state index contributed by atoms with van der Waals surface area (Å²) < 4.78 is 9.67. The molecule has 0 aliphatic rings. The van der Waals surface area contributed by atoms with Gasteiger partial charge in [-0.3, -0.25) is 14.2 Å². The molecule has 10 nitrogen and oxygen atoms in total. The normalized spacial score (nSPS) is 10.8. The Morgan fingerprint density at radius 2 is 1.96 bits per heavy atom. The molecular weight excluding hydrogens is 350 g/mol. The molecule has 3 rings (SSSR count). The lowest BCUT2D eigenvalue weighted by atomic mass is 10.3. The van der Waals surface area contributed by atoms with Gasteiger partial charge in [0.05, 0.1) is 18.5 Å². The molecule has 1 amide bonds. The Morgan fingerprint density at radius 3 is 2.59 bits per heavy atom. The Hall–Kier alpha value is -3.43. The van der Waals surface area contributed by atoms with Gasteiger partial charge in [-0.05, 0) is 32.9 Å². The SMILES string of the molecule is CCn1cc(NC(=O)c2ccn(Cn3nc(C)cc3C)n2)c(C(=O)OC)n1. The average molecular weight is 371 g/mol. The Labute approximate surface area is 155 Å². The zero-order valence-electron chi connectivity index (χ0n) is 15.6. The summed E-state index contributed by atoms with van der Waals surface area (Å²) in [6.07, 6.45) is 3.28. The Kier molecular flexibility index (Phi) is 5.06. The summed E-state index contributed by atoms with van der Waals surface area (Å²) in [5.74, 6) is -1.06. The van der Waals surface area contributed by atoms with E-state index < -0.39 is 11.9 Å². The average Bonchev–Trinajstić information content (AvgIpc) is 3.34. The van der Waals surface area contributed by atoms with Gasteiger partial charge in [0.25, 0.3) is 5.91 Å². The number of esters is 1. The lowest BCUT2D eigenvalue weighted by Crippen LogP contribution is -2.17. The van der Waals surface area contributed by atoms with Crippen LogP contribution in [0.5, 0.6) is 0 Å². The summed E-state index contributed by atoms with van der Waals surface area (Å²) in [4.78, 5) is 24.4. The van der Waals surface area contributed by atoms with E-state index in [9.17, 15) is 9.59 Å². The molecule has 3 aromatic heterocycles. The molecular formula is C17H21N7O3. The minimum Gasteiger partial charge on any atom is -0.464 e. The molecule has 1 N–H and O–H groups in total. The van der Waals surface area contributed by atoms with Gasteiger partial charge in [-0.1, -0.05) is 0 Å². The third-order valence-corrected chi connectivity index (χ3v) is 3.97. The maximum absolute atomic E-state index is 12.5. The topological polar surface area (TPSA) is 109 Å². The second kappa shape index (κ2) is 7.44. The highest BCUT2D eigenvalue weighted by Gasteiger charge is 2.20. The largest absolute Gasteiger partial charge is 0.464 e. The summed E-state index contributed by atoms with van der Waals surface area (Å²) in [6, 6.07) is 3.57. The first-order valence-corrected chi connectivity index (χ1v) is 8.43. The van der Waals surface area contributed by atoms with Crippen molar-refractivity contribution in [1.82, 2.24) is 29.3 Å². The van der Waals surface area contributed by atoms with Gasteiger partial charge in [0, 0.05) is 24.6 Å². The number of aryl methyl sites for hydroxylation is 3. The van der Waals surface area contributed by atoms with Crippen LogP contribution < -0.4 is 5.32 Å². The molecule has 3 aromatic rings. The highest BCUT2D eigenvalue weighted by molar-refractivity contribution is 6.06. The van der Waals surface area contributed by atoms with E-state index in [1.54, 1.807) is 32.5 Å². The number of methoxy groups -OCH3 is 1. The van der Waals surface area contributed by atoms with E-state index in [-0.39, 0.29) is 17.1 Å². The zero-order valence-corrected chi connectivity index (χ0v) is 15.6. The molecule has 0 aliphatic carbocycles. The molecule has 27 heavy (non-hydrogen) atoms. The first-order chi connectivity index (χ1) is 12.9. The molecule has 0 atom stereocenters. The van der Waals surface area contributed by atoms with E-state index in [0.29, 0.717) is 13.2 Å². The smallest absolute Gasteiger partial charge is 0.360 e. The number of nitrogens with zero attached hydrogens (tertiary/aromatic N) is 6. The Morgan fingerprint density at radius 1 is 1.19 bits per heavy atom. The molecule has 0 saturated carbocycles. The molecule has 0 fully saturated rings. The maximum Gasteiger partial charge on any atom is 0.360 e. The van der Waals surface area contributed by atoms with Crippen LogP contribution in [0.25, 0.3) is 0 Å². The number of carbonyl (C=O) groups is 2. The van der Waals surface area contributed by atoms with E-state index in [1.165, 1.54) is 7.11 Å². The Balaban J connectivity index is 1.76. The van der Waals surface area contributed by atoms with Crippen molar-refractivity contribution in [2.45, 2.75) is 34.0 Å². The lowest BCUT2D eigenvalue weighted by Gasteiger charge is -2.05. The minimum atomic E-state index is -0.618. The van der Waals surface area contributed by atoms with Gasteiger partial charge in [-0.15, -0.1) is 0 Å². The fraction of sp³-hybridized carbons (Fsp3) is 0.353. The van der Waals surface area contributed by atoms with Gasteiger partial charge in [-0.2, -0.15) is 15.3 Å². The van der Waals surface area contributed by atoms with Gasteiger partial charge < -0.3 is 10.1 Å². The van der Waals surface area contributed by atoms with Gasteiger partial charge in [0.1, 0.15) is 6.67 Å². The second-order valence-corrected chi connectivity index (χ2v) is 6.00. The molecule has 0 saturated heterocycles. The van der Waals surface area contributed by atoms with Crippen molar-refractivity contribution in [2.75, 3.05) is 12.4 Å². The van der Waals surface area contributed by atoms with Crippen LogP contribution in [0.3, 0.4) is 0 Å². The van der Waals surface area contributed by atoms with Crippen LogP contribution in [0, 0.1) is 13.8 Å². The highest BCUT2D eigenvalue weighted by Crippen LogP contribution is 2.16. The van der Waals surface area contributed by atoms with Crippen molar-refractivity contribution in [1.29, 1.82) is 0 Å². The van der Waals surface area contributed by atoms with Crippen molar-refractivity contribution >= 4 is 17.6 Å². The third kappa shape index (κ3) is 3.89. The second-order valence-electron chi connectivity index (χ2n) is 6.00. The molecule has 0 spiro atoms. The third-order valence-electron chi connectivity index (χ3n) is 3.97. The number of ether oxygens (including phenoxy) is 1.